The van der Waals surface area contributed by atoms with Gasteiger partial charge in [-0.05, 0) is 6.92 Å². The van der Waals surface area contributed by atoms with E-state index in [-0.39, 0.29) is 18.1 Å². The van der Waals surface area contributed by atoms with Gasteiger partial charge in [0.25, 0.3) is 5.78 Å². The number of nitrogens with one attached hydrogen (secondary N) is 1. The van der Waals surface area contributed by atoms with E-state index in [1.165, 1.54) is 0 Å². The van der Waals surface area contributed by atoms with Gasteiger partial charge in [0.1, 0.15) is 6.67 Å². The number of rotatable bonds is 3. The lowest BCUT2D eigenvalue weighted by Crippen LogP contribution is -2.36. The Bertz CT molecular complexity index is 412. The molecule has 2 aliphatic rings. The van der Waals surface area contributed by atoms with Crippen LogP contribution in [0.25, 0.3) is 0 Å². The number of Topliss-reactive ketones (excluding diaryl/α,β-unsaturated/α-hetero) is 1. The first-order valence-electron chi connectivity index (χ1n) is 5.78. The van der Waals surface area contributed by atoms with Crippen LogP contribution in [0.4, 0.5) is 4.39 Å². The Labute approximate surface area is 103 Å². The molecule has 8 heteroatoms. The van der Waals surface area contributed by atoms with Gasteiger partial charge in [-0.15, -0.1) is 0 Å². The van der Waals surface area contributed by atoms with E-state index in [0.29, 0.717) is 19.8 Å². The highest BCUT2D eigenvalue weighted by molar-refractivity contribution is 6.00. The average Bonchev–Trinajstić information content (AvgIpc) is 2.49. The lowest BCUT2D eigenvalue weighted by molar-refractivity contribution is -0.419. The van der Waals surface area contributed by atoms with E-state index in [1.54, 1.807) is 11.8 Å². The highest BCUT2D eigenvalue weighted by Crippen LogP contribution is 2.25. The molecule has 1 fully saturated rings. The van der Waals surface area contributed by atoms with E-state index in [9.17, 15) is 19.3 Å². The van der Waals surface area contributed by atoms with E-state index in [2.05, 4.69) is 5.32 Å². The minimum Gasteiger partial charge on any atom is -0.353 e. The molecule has 0 amide bonds. The van der Waals surface area contributed by atoms with Crippen LogP contribution in [0.1, 0.15) is 6.92 Å². The molecule has 1 unspecified atom stereocenters. The van der Waals surface area contributed by atoms with Gasteiger partial charge in [0.15, 0.2) is 5.82 Å². The highest BCUT2D eigenvalue weighted by Gasteiger charge is 2.45. The SMILES string of the molecule is CC1C(=O)C([N+](=O)[O-])=C2NCN(CCF)CCN21. The topological polar surface area (TPSA) is 78.7 Å². The van der Waals surface area contributed by atoms with E-state index < -0.39 is 23.4 Å². The van der Waals surface area contributed by atoms with Crippen LogP contribution in [-0.2, 0) is 4.79 Å². The predicted octanol–water partition coefficient (Wildman–Crippen LogP) is -0.462. The first kappa shape index (κ1) is 12.7. The van der Waals surface area contributed by atoms with Gasteiger partial charge in [0, 0.05) is 19.6 Å². The van der Waals surface area contributed by atoms with E-state index in [1.807, 2.05) is 4.90 Å². The maximum Gasteiger partial charge on any atom is 0.353 e. The van der Waals surface area contributed by atoms with Crippen LogP contribution in [0, 0.1) is 10.1 Å². The van der Waals surface area contributed by atoms with Crippen molar-refractivity contribution in [3.05, 3.63) is 21.6 Å². The summed E-state index contributed by atoms with van der Waals surface area (Å²) in [6, 6.07) is -0.529. The predicted molar refractivity (Wildman–Crippen MR) is 60.7 cm³/mol. The van der Waals surface area contributed by atoms with E-state index >= 15 is 0 Å². The molecule has 1 atom stereocenters. The third kappa shape index (κ3) is 2.03. The van der Waals surface area contributed by atoms with Crippen molar-refractivity contribution in [1.82, 2.24) is 15.1 Å². The molecule has 0 saturated carbocycles. The summed E-state index contributed by atoms with van der Waals surface area (Å²) in [7, 11) is 0. The van der Waals surface area contributed by atoms with Crippen molar-refractivity contribution in [2.24, 2.45) is 0 Å². The summed E-state index contributed by atoms with van der Waals surface area (Å²) in [5, 5.41) is 13.8. The third-order valence-electron chi connectivity index (χ3n) is 3.30. The number of carbonyl (C=O) groups is 1. The lowest BCUT2D eigenvalue weighted by atomic mass is 10.2. The Kier molecular flexibility index (Phi) is 3.46. The number of fused-ring (bicyclic) bond motifs is 1. The molecule has 2 aliphatic heterocycles. The molecular formula is C10H15FN4O3. The first-order valence-corrected chi connectivity index (χ1v) is 5.78. The van der Waals surface area contributed by atoms with Crippen LogP contribution in [0.5, 0.6) is 0 Å². The smallest absolute Gasteiger partial charge is 0.353 e. The fourth-order valence-electron chi connectivity index (χ4n) is 2.28. The number of nitrogens with zero attached hydrogens (tertiary/aromatic N) is 3. The van der Waals surface area contributed by atoms with Crippen LogP contribution in [0.15, 0.2) is 11.5 Å². The molecule has 0 bridgehead atoms. The van der Waals surface area contributed by atoms with Crippen LogP contribution >= 0.6 is 0 Å². The second-order valence-electron chi connectivity index (χ2n) is 4.33. The summed E-state index contributed by atoms with van der Waals surface area (Å²) < 4.78 is 12.3. The number of carbonyl (C=O) groups excluding carboxylic acids is 1. The minimum atomic E-state index is -0.647. The molecule has 0 aromatic rings. The molecule has 2 heterocycles. The molecular weight excluding hydrogens is 243 g/mol. The van der Waals surface area contributed by atoms with Crippen molar-refractivity contribution in [3.8, 4) is 0 Å². The zero-order chi connectivity index (χ0) is 13.3. The van der Waals surface area contributed by atoms with Gasteiger partial charge >= 0.3 is 5.70 Å². The zero-order valence-electron chi connectivity index (χ0n) is 10.1. The standard InChI is InChI=1S/C10H15FN4O3/c1-7-9(16)8(15(17)18)10-12-6-13(3-2-11)4-5-14(7)10/h7,12H,2-6H2,1H3. The summed E-state index contributed by atoms with van der Waals surface area (Å²) in [5.41, 5.74) is -0.385. The molecule has 18 heavy (non-hydrogen) atoms. The van der Waals surface area contributed by atoms with Gasteiger partial charge in [-0.2, -0.15) is 0 Å². The molecule has 0 aliphatic carbocycles. The third-order valence-corrected chi connectivity index (χ3v) is 3.30. The van der Waals surface area contributed by atoms with Crippen LogP contribution in [0.2, 0.25) is 0 Å². The molecule has 7 nitrogen and oxygen atoms in total. The van der Waals surface area contributed by atoms with Gasteiger partial charge in [0.05, 0.1) is 17.6 Å². The van der Waals surface area contributed by atoms with Gasteiger partial charge in [-0.25, -0.2) is 4.39 Å². The number of nitro groups is 1. The molecule has 2 rings (SSSR count). The Morgan fingerprint density at radius 2 is 2.28 bits per heavy atom. The largest absolute Gasteiger partial charge is 0.353 e. The Morgan fingerprint density at radius 3 is 2.89 bits per heavy atom. The number of alkyl halides is 1. The van der Waals surface area contributed by atoms with Crippen LogP contribution < -0.4 is 5.32 Å². The minimum absolute atomic E-state index is 0.263. The Hall–Kier alpha value is -1.70. The van der Waals surface area contributed by atoms with Crippen molar-refractivity contribution < 1.29 is 14.1 Å². The van der Waals surface area contributed by atoms with Gasteiger partial charge in [0.2, 0.25) is 0 Å². The van der Waals surface area contributed by atoms with Crippen LogP contribution in [-0.4, -0.2) is 59.5 Å². The fraction of sp³-hybridized carbons (Fsp3) is 0.700. The average molecular weight is 258 g/mol. The van der Waals surface area contributed by atoms with Crippen molar-refractivity contribution in [2.45, 2.75) is 13.0 Å². The summed E-state index contributed by atoms with van der Waals surface area (Å²) in [5.74, 6) is -0.208. The summed E-state index contributed by atoms with van der Waals surface area (Å²) in [6.45, 7) is 2.83. The number of halogens is 1. The van der Waals surface area contributed by atoms with Gasteiger partial charge < -0.3 is 10.2 Å². The Morgan fingerprint density at radius 1 is 1.56 bits per heavy atom. The quantitative estimate of drug-likeness (QED) is 0.545. The molecule has 1 N–H and O–H groups in total. The van der Waals surface area contributed by atoms with E-state index in [0.717, 1.165) is 0 Å². The fourth-order valence-corrected chi connectivity index (χ4v) is 2.28. The van der Waals surface area contributed by atoms with Crippen molar-refractivity contribution >= 4 is 5.78 Å². The van der Waals surface area contributed by atoms with Crippen molar-refractivity contribution in [2.75, 3.05) is 33.0 Å². The maximum absolute atomic E-state index is 12.3. The van der Waals surface area contributed by atoms with Gasteiger partial charge in [-0.1, -0.05) is 0 Å². The molecule has 0 aromatic heterocycles. The monoisotopic (exact) mass is 258 g/mol. The van der Waals surface area contributed by atoms with E-state index in [4.69, 9.17) is 0 Å². The lowest BCUT2D eigenvalue weighted by Gasteiger charge is -2.22. The summed E-state index contributed by atoms with van der Waals surface area (Å²) in [6.07, 6.45) is 0. The van der Waals surface area contributed by atoms with Crippen molar-refractivity contribution in [1.29, 1.82) is 0 Å². The first-order chi connectivity index (χ1) is 8.56. The second-order valence-corrected chi connectivity index (χ2v) is 4.33. The molecule has 0 radical (unpaired) electrons. The second kappa shape index (κ2) is 4.89. The molecule has 0 spiro atoms. The van der Waals surface area contributed by atoms with Crippen LogP contribution in [0.3, 0.4) is 0 Å². The normalized spacial score (nSPS) is 24.9. The number of hydrogen-bond donors (Lipinski definition) is 1. The number of hydrogen-bond acceptors (Lipinski definition) is 6. The van der Waals surface area contributed by atoms with Gasteiger partial charge in [-0.3, -0.25) is 19.8 Å². The molecule has 1 saturated heterocycles. The zero-order valence-corrected chi connectivity index (χ0v) is 10.1. The Balaban J connectivity index is 2.25. The molecule has 100 valence electrons. The molecule has 0 aromatic carbocycles. The number of ketones is 1. The highest BCUT2D eigenvalue weighted by atomic mass is 19.1. The summed E-state index contributed by atoms with van der Waals surface area (Å²) >= 11 is 0. The summed E-state index contributed by atoms with van der Waals surface area (Å²) in [4.78, 5) is 25.5. The van der Waals surface area contributed by atoms with Crippen molar-refractivity contribution in [3.63, 3.8) is 0 Å². The maximum atomic E-state index is 12.3.